The van der Waals surface area contributed by atoms with Crippen LogP contribution in [-0.2, 0) is 14.3 Å². The van der Waals surface area contributed by atoms with Crippen LogP contribution in [0.1, 0.15) is 6.42 Å². The minimum atomic E-state index is -0.394. The molecule has 1 heterocycles. The maximum atomic E-state index is 13.0. The summed E-state index contributed by atoms with van der Waals surface area (Å²) in [6.45, 7) is 1.38. The molecule has 1 aliphatic rings. The van der Waals surface area contributed by atoms with Crippen molar-refractivity contribution in [2.24, 2.45) is 5.92 Å². The smallest absolute Gasteiger partial charge is 0.310 e. The lowest BCUT2D eigenvalue weighted by Crippen LogP contribution is -2.32. The summed E-state index contributed by atoms with van der Waals surface area (Å²) in [6, 6.07) is 5.74. The van der Waals surface area contributed by atoms with E-state index in [1.807, 2.05) is 4.90 Å². The van der Waals surface area contributed by atoms with Crippen molar-refractivity contribution >= 4 is 17.6 Å². The highest BCUT2D eigenvalue weighted by Crippen LogP contribution is 2.17. The van der Waals surface area contributed by atoms with Gasteiger partial charge in [-0.25, -0.2) is 4.39 Å². The number of hydrogen-bond donors (Lipinski definition) is 1. The molecule has 0 bridgehead atoms. The largest absolute Gasteiger partial charge is 0.469 e. The number of carbonyl (C=O) groups excluding carboxylic acids is 2. The molecule has 1 aromatic rings. The van der Waals surface area contributed by atoms with Gasteiger partial charge in [-0.1, -0.05) is 6.07 Å². The molecule has 1 N–H and O–H groups in total. The standard InChI is InChI=1S/C14H17FN2O3/c1-20-14(19)10-5-6-17(8-10)9-13(18)16-12-4-2-3-11(15)7-12/h2-4,7,10H,5-6,8-9H2,1H3,(H,16,18). The molecule has 0 saturated carbocycles. The minimum Gasteiger partial charge on any atom is -0.469 e. The second-order valence-corrected chi connectivity index (χ2v) is 4.80. The van der Waals surface area contributed by atoms with E-state index in [2.05, 4.69) is 10.1 Å². The van der Waals surface area contributed by atoms with Crippen molar-refractivity contribution in [1.82, 2.24) is 4.90 Å². The van der Waals surface area contributed by atoms with Crippen molar-refractivity contribution in [3.05, 3.63) is 30.1 Å². The Bertz CT molecular complexity index is 507. The van der Waals surface area contributed by atoms with E-state index in [1.54, 1.807) is 6.07 Å². The van der Waals surface area contributed by atoms with Crippen molar-refractivity contribution in [2.75, 3.05) is 32.1 Å². The highest BCUT2D eigenvalue weighted by molar-refractivity contribution is 5.92. The zero-order valence-corrected chi connectivity index (χ0v) is 11.3. The van der Waals surface area contributed by atoms with E-state index < -0.39 is 5.82 Å². The number of likely N-dealkylation sites (tertiary alicyclic amines) is 1. The van der Waals surface area contributed by atoms with Crippen LogP contribution in [-0.4, -0.2) is 43.5 Å². The van der Waals surface area contributed by atoms with Gasteiger partial charge >= 0.3 is 5.97 Å². The number of benzene rings is 1. The number of anilines is 1. The molecule has 108 valence electrons. The molecule has 0 spiro atoms. The molecule has 1 aliphatic heterocycles. The molecule has 5 nitrogen and oxygen atoms in total. The molecule has 0 aromatic heterocycles. The maximum absolute atomic E-state index is 13.0. The van der Waals surface area contributed by atoms with Crippen LogP contribution in [0.2, 0.25) is 0 Å². The second kappa shape index (κ2) is 6.47. The van der Waals surface area contributed by atoms with Crippen LogP contribution >= 0.6 is 0 Å². The summed E-state index contributed by atoms with van der Waals surface area (Å²) in [4.78, 5) is 25.1. The van der Waals surface area contributed by atoms with Crippen LogP contribution in [0, 0.1) is 11.7 Å². The van der Waals surface area contributed by atoms with Crippen molar-refractivity contribution in [3.63, 3.8) is 0 Å². The van der Waals surface area contributed by atoms with Gasteiger partial charge in [0.1, 0.15) is 5.82 Å². The molecular formula is C14H17FN2O3. The fourth-order valence-corrected chi connectivity index (χ4v) is 2.31. The van der Waals surface area contributed by atoms with Gasteiger partial charge in [0, 0.05) is 12.2 Å². The van der Waals surface area contributed by atoms with Gasteiger partial charge in [-0.2, -0.15) is 0 Å². The number of carbonyl (C=O) groups is 2. The van der Waals surface area contributed by atoms with Crippen molar-refractivity contribution < 1.29 is 18.7 Å². The first kappa shape index (κ1) is 14.5. The Morgan fingerprint density at radius 2 is 2.30 bits per heavy atom. The lowest BCUT2D eigenvalue weighted by atomic mass is 10.1. The third kappa shape index (κ3) is 3.77. The summed E-state index contributed by atoms with van der Waals surface area (Å²) in [5.41, 5.74) is 0.429. The summed E-state index contributed by atoms with van der Waals surface area (Å²) < 4.78 is 17.7. The maximum Gasteiger partial charge on any atom is 0.310 e. The Morgan fingerprint density at radius 1 is 1.50 bits per heavy atom. The molecule has 2 rings (SSSR count). The molecule has 1 atom stereocenters. The number of amides is 1. The highest BCUT2D eigenvalue weighted by Gasteiger charge is 2.29. The van der Waals surface area contributed by atoms with E-state index in [1.165, 1.54) is 25.3 Å². The first-order valence-electron chi connectivity index (χ1n) is 6.44. The molecule has 1 saturated heterocycles. The summed E-state index contributed by atoms with van der Waals surface area (Å²) in [7, 11) is 1.36. The van der Waals surface area contributed by atoms with E-state index in [0.717, 1.165) is 0 Å². The van der Waals surface area contributed by atoms with Gasteiger partial charge in [0.2, 0.25) is 5.91 Å². The van der Waals surface area contributed by atoms with Gasteiger partial charge < -0.3 is 10.1 Å². The Hall–Kier alpha value is -1.95. The van der Waals surface area contributed by atoms with Crippen molar-refractivity contribution in [1.29, 1.82) is 0 Å². The summed E-state index contributed by atoms with van der Waals surface area (Å²) in [5.74, 6) is -1.02. The Kier molecular flexibility index (Phi) is 4.68. The van der Waals surface area contributed by atoms with Crippen LogP contribution < -0.4 is 5.32 Å². The van der Waals surface area contributed by atoms with E-state index in [0.29, 0.717) is 25.2 Å². The third-order valence-electron chi connectivity index (χ3n) is 3.28. The van der Waals surface area contributed by atoms with E-state index >= 15 is 0 Å². The van der Waals surface area contributed by atoms with Crippen LogP contribution in [0.5, 0.6) is 0 Å². The Labute approximate surface area is 116 Å². The fraction of sp³-hybridized carbons (Fsp3) is 0.429. The number of esters is 1. The quantitative estimate of drug-likeness (QED) is 0.844. The topological polar surface area (TPSA) is 58.6 Å². The number of hydrogen-bond acceptors (Lipinski definition) is 4. The first-order chi connectivity index (χ1) is 9.58. The number of rotatable bonds is 4. The van der Waals surface area contributed by atoms with Gasteiger partial charge in [-0.15, -0.1) is 0 Å². The van der Waals surface area contributed by atoms with Crippen molar-refractivity contribution in [2.45, 2.75) is 6.42 Å². The van der Waals surface area contributed by atoms with E-state index in [-0.39, 0.29) is 24.3 Å². The number of halogens is 1. The normalized spacial score (nSPS) is 18.8. The molecular weight excluding hydrogens is 263 g/mol. The number of methoxy groups -OCH3 is 1. The molecule has 1 amide bonds. The molecule has 20 heavy (non-hydrogen) atoms. The van der Waals surface area contributed by atoms with Crippen LogP contribution in [0.4, 0.5) is 10.1 Å². The summed E-state index contributed by atoms with van der Waals surface area (Å²) >= 11 is 0. The predicted molar refractivity (Wildman–Crippen MR) is 71.6 cm³/mol. The fourth-order valence-electron chi connectivity index (χ4n) is 2.31. The van der Waals surface area contributed by atoms with Gasteiger partial charge in [0.25, 0.3) is 0 Å². The molecule has 0 radical (unpaired) electrons. The summed E-state index contributed by atoms with van der Waals surface area (Å²) in [5, 5.41) is 2.63. The van der Waals surface area contributed by atoms with Crippen LogP contribution in [0.25, 0.3) is 0 Å². The van der Waals surface area contributed by atoms with Crippen LogP contribution in [0.3, 0.4) is 0 Å². The number of ether oxygens (including phenoxy) is 1. The molecule has 6 heteroatoms. The monoisotopic (exact) mass is 280 g/mol. The molecule has 1 aromatic carbocycles. The number of nitrogens with zero attached hydrogens (tertiary/aromatic N) is 1. The second-order valence-electron chi connectivity index (χ2n) is 4.80. The van der Waals surface area contributed by atoms with Gasteiger partial charge in [-0.05, 0) is 31.2 Å². The zero-order chi connectivity index (χ0) is 14.5. The summed E-state index contributed by atoms with van der Waals surface area (Å²) in [6.07, 6.45) is 0.694. The van der Waals surface area contributed by atoms with E-state index in [4.69, 9.17) is 0 Å². The molecule has 1 fully saturated rings. The van der Waals surface area contributed by atoms with E-state index in [9.17, 15) is 14.0 Å². The molecule has 0 aliphatic carbocycles. The SMILES string of the molecule is COC(=O)C1CCN(CC(=O)Nc2cccc(F)c2)C1. The average Bonchev–Trinajstić information content (AvgIpc) is 2.86. The highest BCUT2D eigenvalue weighted by atomic mass is 19.1. The first-order valence-corrected chi connectivity index (χ1v) is 6.44. The number of nitrogens with one attached hydrogen (secondary N) is 1. The Morgan fingerprint density at radius 3 is 3.00 bits per heavy atom. The van der Waals surface area contributed by atoms with Crippen molar-refractivity contribution in [3.8, 4) is 0 Å². The van der Waals surface area contributed by atoms with Gasteiger partial charge in [0.15, 0.2) is 0 Å². The lowest BCUT2D eigenvalue weighted by molar-refractivity contribution is -0.145. The minimum absolute atomic E-state index is 0.165. The molecule has 1 unspecified atom stereocenters. The lowest BCUT2D eigenvalue weighted by Gasteiger charge is -2.15. The van der Waals surface area contributed by atoms with Gasteiger partial charge in [0.05, 0.1) is 19.6 Å². The average molecular weight is 280 g/mol. The third-order valence-corrected chi connectivity index (χ3v) is 3.28. The Balaban J connectivity index is 1.82. The van der Waals surface area contributed by atoms with Crippen LogP contribution in [0.15, 0.2) is 24.3 Å². The predicted octanol–water partition coefficient (Wildman–Crippen LogP) is 1.26. The van der Waals surface area contributed by atoms with Gasteiger partial charge in [-0.3, -0.25) is 14.5 Å². The zero-order valence-electron chi connectivity index (χ0n) is 11.3.